The molecule has 1 saturated carbocycles. The lowest BCUT2D eigenvalue weighted by molar-refractivity contribution is -0.122. The summed E-state index contributed by atoms with van der Waals surface area (Å²) in [6.45, 7) is 8.48. The second-order valence-corrected chi connectivity index (χ2v) is 7.67. The number of amides is 1. The van der Waals surface area contributed by atoms with Gasteiger partial charge >= 0.3 is 0 Å². The summed E-state index contributed by atoms with van der Waals surface area (Å²) in [4.78, 5) is 18.7. The monoisotopic (exact) mass is 495 g/mol. The van der Waals surface area contributed by atoms with Crippen molar-refractivity contribution in [3.63, 3.8) is 0 Å². The van der Waals surface area contributed by atoms with Crippen LogP contribution in [0.5, 0.6) is 0 Å². The maximum absolute atomic E-state index is 11.8. The van der Waals surface area contributed by atoms with Gasteiger partial charge in [0.05, 0.1) is 18.7 Å². The lowest BCUT2D eigenvalue weighted by Gasteiger charge is -2.32. The molecule has 2 rings (SSSR count). The number of hydrogen-bond acceptors (Lipinski definition) is 4. The lowest BCUT2D eigenvalue weighted by Crippen LogP contribution is -2.50. The fraction of sp³-hybridized carbons (Fsp3) is 0.895. The van der Waals surface area contributed by atoms with E-state index in [-0.39, 0.29) is 29.9 Å². The highest BCUT2D eigenvalue weighted by Gasteiger charge is 2.31. The predicted octanol–water partition coefficient (Wildman–Crippen LogP) is 1.46. The van der Waals surface area contributed by atoms with Crippen molar-refractivity contribution < 1.29 is 9.90 Å². The van der Waals surface area contributed by atoms with Crippen LogP contribution in [-0.2, 0) is 4.79 Å². The number of nitrogens with one attached hydrogen (secondary N) is 3. The number of hydrogen-bond donors (Lipinski definition) is 4. The average Bonchev–Trinajstić information content (AvgIpc) is 3.07. The SMILES string of the molecule is CCCNC(=O)CN1CCC(NC(=NCC2(O)CCCC2)NCC)CC1.I. The molecule has 2 aliphatic rings. The summed E-state index contributed by atoms with van der Waals surface area (Å²) in [6.07, 6.45) is 6.87. The van der Waals surface area contributed by atoms with Gasteiger partial charge in [-0.2, -0.15) is 0 Å². The van der Waals surface area contributed by atoms with Crippen LogP contribution in [0.15, 0.2) is 4.99 Å². The first-order valence-corrected chi connectivity index (χ1v) is 10.3. The van der Waals surface area contributed by atoms with E-state index in [1.54, 1.807) is 0 Å². The molecule has 0 spiro atoms. The minimum atomic E-state index is -0.614. The molecule has 0 aromatic rings. The van der Waals surface area contributed by atoms with Crippen molar-refractivity contribution in [2.75, 3.05) is 39.3 Å². The van der Waals surface area contributed by atoms with Gasteiger partial charge in [0.15, 0.2) is 5.96 Å². The van der Waals surface area contributed by atoms with Crippen LogP contribution in [-0.4, -0.2) is 72.8 Å². The van der Waals surface area contributed by atoms with Crippen molar-refractivity contribution in [3.8, 4) is 0 Å². The van der Waals surface area contributed by atoms with Gasteiger partial charge in [-0.15, -0.1) is 24.0 Å². The van der Waals surface area contributed by atoms with Crippen molar-refractivity contribution in [1.29, 1.82) is 0 Å². The number of piperidine rings is 1. The van der Waals surface area contributed by atoms with E-state index in [2.05, 4.69) is 39.7 Å². The Balaban J connectivity index is 0.00000364. The molecule has 0 aromatic carbocycles. The summed E-state index contributed by atoms with van der Waals surface area (Å²) in [6, 6.07) is 0.362. The van der Waals surface area contributed by atoms with E-state index in [1.165, 1.54) is 0 Å². The summed E-state index contributed by atoms with van der Waals surface area (Å²) in [5.41, 5.74) is -0.614. The first-order chi connectivity index (χ1) is 12.5. The average molecular weight is 495 g/mol. The van der Waals surface area contributed by atoms with Gasteiger partial charge in [-0.1, -0.05) is 19.8 Å². The smallest absolute Gasteiger partial charge is 0.234 e. The number of halogens is 1. The highest BCUT2D eigenvalue weighted by Crippen LogP contribution is 2.29. The Bertz CT molecular complexity index is 461. The van der Waals surface area contributed by atoms with Crippen LogP contribution in [0.2, 0.25) is 0 Å². The van der Waals surface area contributed by atoms with Crippen molar-refractivity contribution in [2.24, 2.45) is 4.99 Å². The molecule has 7 nitrogen and oxygen atoms in total. The third-order valence-electron chi connectivity index (χ3n) is 5.28. The molecule has 0 unspecified atom stereocenters. The lowest BCUT2D eigenvalue weighted by atomic mass is 10.0. The summed E-state index contributed by atoms with van der Waals surface area (Å²) < 4.78 is 0. The normalized spacial score (nSPS) is 20.8. The van der Waals surface area contributed by atoms with Crippen molar-refractivity contribution in [3.05, 3.63) is 0 Å². The molecule has 1 saturated heterocycles. The van der Waals surface area contributed by atoms with Crippen LogP contribution < -0.4 is 16.0 Å². The standard InChI is InChI=1S/C19H37N5O2.HI/c1-3-11-21-17(25)14-24-12-7-16(8-13-24)23-18(20-4-2)22-15-19(26)9-5-6-10-19;/h16,26H,3-15H2,1-2H3,(H,21,25)(H2,20,22,23);1H. The number of carbonyl (C=O) groups excluding carboxylic acids is 1. The molecule has 1 heterocycles. The Morgan fingerprint density at radius 2 is 1.85 bits per heavy atom. The Morgan fingerprint density at radius 3 is 2.44 bits per heavy atom. The zero-order valence-corrected chi connectivity index (χ0v) is 19.3. The van der Waals surface area contributed by atoms with E-state index in [4.69, 9.17) is 0 Å². The molecular formula is C19H38IN5O2. The molecular weight excluding hydrogens is 457 g/mol. The molecule has 0 bridgehead atoms. The van der Waals surface area contributed by atoms with E-state index in [9.17, 15) is 9.90 Å². The topological polar surface area (TPSA) is 89.0 Å². The van der Waals surface area contributed by atoms with Gasteiger partial charge in [0.25, 0.3) is 0 Å². The Kier molecular flexibility index (Phi) is 11.6. The Morgan fingerprint density at radius 1 is 1.19 bits per heavy atom. The van der Waals surface area contributed by atoms with Gasteiger partial charge in [-0.3, -0.25) is 14.7 Å². The number of carbonyl (C=O) groups is 1. The van der Waals surface area contributed by atoms with Gasteiger partial charge < -0.3 is 21.1 Å². The predicted molar refractivity (Wildman–Crippen MR) is 121 cm³/mol. The van der Waals surface area contributed by atoms with Crippen LogP contribution in [0.4, 0.5) is 0 Å². The summed E-state index contributed by atoms with van der Waals surface area (Å²) in [7, 11) is 0. The first-order valence-electron chi connectivity index (χ1n) is 10.3. The maximum atomic E-state index is 11.8. The van der Waals surface area contributed by atoms with E-state index >= 15 is 0 Å². The molecule has 2 fully saturated rings. The van der Waals surface area contributed by atoms with Gasteiger partial charge in [0.2, 0.25) is 5.91 Å². The summed E-state index contributed by atoms with van der Waals surface area (Å²) in [5.74, 6) is 0.921. The number of likely N-dealkylation sites (tertiary alicyclic amines) is 1. The van der Waals surface area contributed by atoms with Gasteiger partial charge in [-0.25, -0.2) is 0 Å². The first kappa shape index (κ1) is 24.4. The van der Waals surface area contributed by atoms with Crippen molar-refractivity contribution in [2.45, 2.75) is 70.4 Å². The fourth-order valence-corrected chi connectivity index (χ4v) is 3.69. The third-order valence-corrected chi connectivity index (χ3v) is 5.28. The van der Waals surface area contributed by atoms with E-state index in [0.717, 1.165) is 77.1 Å². The number of rotatable bonds is 8. The maximum Gasteiger partial charge on any atom is 0.234 e. The third kappa shape index (κ3) is 8.95. The van der Waals surface area contributed by atoms with Crippen molar-refractivity contribution in [1.82, 2.24) is 20.9 Å². The zero-order valence-electron chi connectivity index (χ0n) is 16.9. The van der Waals surface area contributed by atoms with E-state index in [1.807, 2.05) is 0 Å². The summed E-state index contributed by atoms with van der Waals surface area (Å²) in [5, 5.41) is 20.2. The van der Waals surface area contributed by atoms with Crippen LogP contribution in [0.1, 0.15) is 58.8 Å². The quantitative estimate of drug-likeness (QED) is 0.233. The second kappa shape index (κ2) is 12.8. The van der Waals surface area contributed by atoms with Crippen LogP contribution in [0, 0.1) is 0 Å². The zero-order chi connectivity index (χ0) is 18.8. The van der Waals surface area contributed by atoms with Gasteiger partial charge in [0, 0.05) is 32.2 Å². The van der Waals surface area contributed by atoms with Crippen molar-refractivity contribution >= 4 is 35.8 Å². The summed E-state index contributed by atoms with van der Waals surface area (Å²) >= 11 is 0. The highest BCUT2D eigenvalue weighted by molar-refractivity contribution is 14.0. The van der Waals surface area contributed by atoms with Gasteiger partial charge in [-0.05, 0) is 39.0 Å². The molecule has 0 radical (unpaired) electrons. The minimum Gasteiger partial charge on any atom is -0.388 e. The number of nitrogens with zero attached hydrogens (tertiary/aromatic N) is 2. The fourth-order valence-electron chi connectivity index (χ4n) is 3.69. The molecule has 0 atom stereocenters. The molecule has 27 heavy (non-hydrogen) atoms. The molecule has 1 amide bonds. The van der Waals surface area contributed by atoms with Crippen LogP contribution in [0.25, 0.3) is 0 Å². The highest BCUT2D eigenvalue weighted by atomic mass is 127. The molecule has 1 aliphatic carbocycles. The molecule has 4 N–H and O–H groups in total. The molecule has 0 aromatic heterocycles. The number of aliphatic imine (C=N–C) groups is 1. The molecule has 1 aliphatic heterocycles. The van der Waals surface area contributed by atoms with E-state index in [0.29, 0.717) is 19.1 Å². The Hall–Kier alpha value is -0.610. The van der Waals surface area contributed by atoms with Crippen LogP contribution in [0.3, 0.4) is 0 Å². The second-order valence-electron chi connectivity index (χ2n) is 7.67. The Labute approximate surface area is 181 Å². The largest absolute Gasteiger partial charge is 0.388 e. The number of aliphatic hydroxyl groups is 1. The minimum absolute atomic E-state index is 0. The van der Waals surface area contributed by atoms with Crippen LogP contribution >= 0.6 is 24.0 Å². The molecule has 158 valence electrons. The molecule has 8 heteroatoms. The van der Waals surface area contributed by atoms with Gasteiger partial charge in [0.1, 0.15) is 0 Å². The van der Waals surface area contributed by atoms with E-state index < -0.39 is 5.60 Å². The number of guanidine groups is 1.